The van der Waals surface area contributed by atoms with Crippen LogP contribution in [0.3, 0.4) is 0 Å². The highest BCUT2D eigenvalue weighted by atomic mass is 32.1. The van der Waals surface area contributed by atoms with E-state index in [-0.39, 0.29) is 12.5 Å². The number of hydrogen-bond acceptors (Lipinski definition) is 4. The number of rotatable bonds is 6. The molecule has 0 spiro atoms. The summed E-state index contributed by atoms with van der Waals surface area (Å²) in [4.78, 5) is 12.9. The third kappa shape index (κ3) is 4.44. The summed E-state index contributed by atoms with van der Waals surface area (Å²) >= 11 is 1.57. The quantitative estimate of drug-likeness (QED) is 0.805. The summed E-state index contributed by atoms with van der Waals surface area (Å²) in [5.41, 5.74) is 1.28. The first-order chi connectivity index (χ1) is 10.2. The number of benzene rings is 1. The highest BCUT2D eigenvalue weighted by Gasteiger charge is 2.05. The highest BCUT2D eigenvalue weighted by Crippen LogP contribution is 2.23. The molecule has 1 aromatic carbocycles. The van der Waals surface area contributed by atoms with E-state index in [1.807, 2.05) is 24.4 Å². The number of amides is 1. The number of aliphatic hydroxyl groups excluding tert-OH is 1. The van der Waals surface area contributed by atoms with Crippen molar-refractivity contribution >= 4 is 29.0 Å². The summed E-state index contributed by atoms with van der Waals surface area (Å²) in [7, 11) is 0. The normalized spacial score (nSPS) is 10.8. The van der Waals surface area contributed by atoms with Crippen LogP contribution in [0.2, 0.25) is 0 Å². The molecule has 0 unspecified atom stereocenters. The van der Waals surface area contributed by atoms with E-state index in [0.29, 0.717) is 23.6 Å². The summed E-state index contributed by atoms with van der Waals surface area (Å²) in [6.07, 6.45) is 3.25. The molecule has 0 radical (unpaired) electrons. The van der Waals surface area contributed by atoms with Gasteiger partial charge in [0.05, 0.1) is 13.2 Å². The number of aliphatic hydroxyl groups is 1. The zero-order valence-electron chi connectivity index (χ0n) is 11.7. The van der Waals surface area contributed by atoms with Gasteiger partial charge in [-0.1, -0.05) is 6.07 Å². The third-order valence-electron chi connectivity index (χ3n) is 2.74. The number of thiophene rings is 1. The van der Waals surface area contributed by atoms with Gasteiger partial charge in [-0.15, -0.1) is 11.3 Å². The first-order valence-corrected chi connectivity index (χ1v) is 7.50. The highest BCUT2D eigenvalue weighted by molar-refractivity contribution is 7.10. The minimum atomic E-state index is -0.212. The van der Waals surface area contributed by atoms with E-state index >= 15 is 0 Å². The Morgan fingerprint density at radius 1 is 1.43 bits per heavy atom. The van der Waals surface area contributed by atoms with Crippen molar-refractivity contribution < 1.29 is 14.6 Å². The predicted molar refractivity (Wildman–Crippen MR) is 85.5 cm³/mol. The van der Waals surface area contributed by atoms with Crippen molar-refractivity contribution in [3.8, 4) is 5.75 Å². The Morgan fingerprint density at radius 3 is 2.95 bits per heavy atom. The van der Waals surface area contributed by atoms with Gasteiger partial charge in [-0.2, -0.15) is 0 Å². The van der Waals surface area contributed by atoms with E-state index in [1.54, 1.807) is 35.6 Å². The molecule has 0 fully saturated rings. The summed E-state index contributed by atoms with van der Waals surface area (Å²) in [6.45, 7) is 2.28. The van der Waals surface area contributed by atoms with E-state index in [1.165, 1.54) is 6.08 Å². The van der Waals surface area contributed by atoms with Crippen LogP contribution in [0.15, 0.2) is 41.8 Å². The van der Waals surface area contributed by atoms with Crippen LogP contribution < -0.4 is 10.1 Å². The lowest BCUT2D eigenvalue weighted by molar-refractivity contribution is -0.111. The van der Waals surface area contributed by atoms with Crippen LogP contribution in [-0.2, 0) is 11.4 Å². The number of carbonyl (C=O) groups is 1. The fourth-order valence-corrected chi connectivity index (χ4v) is 2.42. The molecule has 2 N–H and O–H groups in total. The molecule has 110 valence electrons. The molecule has 0 atom stereocenters. The number of ether oxygens (including phenoxy) is 1. The van der Waals surface area contributed by atoms with Crippen molar-refractivity contribution in [3.63, 3.8) is 0 Å². The molecule has 1 amide bonds. The van der Waals surface area contributed by atoms with E-state index in [9.17, 15) is 9.90 Å². The Kier molecular flexibility index (Phi) is 5.54. The van der Waals surface area contributed by atoms with Crippen LogP contribution in [0.25, 0.3) is 6.08 Å². The molecule has 0 saturated heterocycles. The monoisotopic (exact) mass is 303 g/mol. The number of hydrogen-bond donors (Lipinski definition) is 2. The lowest BCUT2D eigenvalue weighted by Crippen LogP contribution is -2.08. The summed E-state index contributed by atoms with van der Waals surface area (Å²) in [6, 6.07) is 9.08. The SMILES string of the molecule is CCOc1ccc(NC(=O)/C=C/c2cccs2)cc1CO. The second-order valence-electron chi connectivity index (χ2n) is 4.25. The molecular weight excluding hydrogens is 286 g/mol. The molecule has 0 bridgehead atoms. The molecule has 0 aliphatic rings. The molecule has 4 nitrogen and oxygen atoms in total. The Labute approximate surface area is 127 Å². The molecule has 0 saturated carbocycles. The second-order valence-corrected chi connectivity index (χ2v) is 5.23. The first-order valence-electron chi connectivity index (χ1n) is 6.62. The summed E-state index contributed by atoms with van der Waals surface area (Å²) in [5, 5.41) is 14.0. The topological polar surface area (TPSA) is 58.6 Å². The standard InChI is InChI=1S/C16H17NO3S/c1-2-20-15-7-5-13(10-12(15)11-18)17-16(19)8-6-14-4-3-9-21-14/h3-10,18H,2,11H2,1H3,(H,17,19)/b8-6+. The average Bonchev–Trinajstić information content (AvgIpc) is 3.00. The lowest BCUT2D eigenvalue weighted by Gasteiger charge is -2.10. The van der Waals surface area contributed by atoms with Gasteiger partial charge in [0.25, 0.3) is 0 Å². The number of carbonyl (C=O) groups excluding carboxylic acids is 1. The van der Waals surface area contributed by atoms with Crippen molar-refractivity contribution in [1.82, 2.24) is 0 Å². The Balaban J connectivity index is 2.03. The van der Waals surface area contributed by atoms with Gasteiger partial charge in [0, 0.05) is 22.2 Å². The number of anilines is 1. The second kappa shape index (κ2) is 7.61. The molecule has 0 aliphatic heterocycles. The maximum Gasteiger partial charge on any atom is 0.248 e. The van der Waals surface area contributed by atoms with Gasteiger partial charge in [-0.3, -0.25) is 4.79 Å². The molecule has 5 heteroatoms. The van der Waals surface area contributed by atoms with Gasteiger partial charge in [0.2, 0.25) is 5.91 Å². The van der Waals surface area contributed by atoms with Crippen molar-refractivity contribution in [2.24, 2.45) is 0 Å². The van der Waals surface area contributed by atoms with Crippen molar-refractivity contribution in [3.05, 3.63) is 52.2 Å². The molecule has 21 heavy (non-hydrogen) atoms. The largest absolute Gasteiger partial charge is 0.494 e. The third-order valence-corrected chi connectivity index (χ3v) is 3.58. The average molecular weight is 303 g/mol. The Morgan fingerprint density at radius 2 is 2.29 bits per heavy atom. The summed E-state index contributed by atoms with van der Waals surface area (Å²) in [5.74, 6) is 0.420. The Hall–Kier alpha value is -2.11. The van der Waals surface area contributed by atoms with E-state index < -0.39 is 0 Å². The molecule has 2 aromatic rings. The minimum Gasteiger partial charge on any atom is -0.494 e. The molecule has 1 heterocycles. The molecule has 1 aromatic heterocycles. The Bertz CT molecular complexity index is 620. The van der Waals surface area contributed by atoms with Crippen LogP contribution in [0, 0.1) is 0 Å². The fourth-order valence-electron chi connectivity index (χ4n) is 1.80. The maximum atomic E-state index is 11.8. The molecule has 0 aliphatic carbocycles. The van der Waals surface area contributed by atoms with Gasteiger partial charge in [-0.05, 0) is 42.6 Å². The van der Waals surface area contributed by atoms with Crippen LogP contribution in [0.1, 0.15) is 17.4 Å². The molecule has 2 rings (SSSR count). The zero-order valence-corrected chi connectivity index (χ0v) is 12.5. The van der Waals surface area contributed by atoms with E-state index in [2.05, 4.69) is 5.32 Å². The van der Waals surface area contributed by atoms with Gasteiger partial charge >= 0.3 is 0 Å². The van der Waals surface area contributed by atoms with E-state index in [0.717, 1.165) is 4.88 Å². The maximum absolute atomic E-state index is 11.8. The van der Waals surface area contributed by atoms with Crippen LogP contribution in [-0.4, -0.2) is 17.6 Å². The van der Waals surface area contributed by atoms with Gasteiger partial charge in [0.15, 0.2) is 0 Å². The van der Waals surface area contributed by atoms with Crippen molar-refractivity contribution in [2.45, 2.75) is 13.5 Å². The zero-order chi connectivity index (χ0) is 15.1. The van der Waals surface area contributed by atoms with Crippen LogP contribution in [0.4, 0.5) is 5.69 Å². The van der Waals surface area contributed by atoms with Crippen LogP contribution in [0.5, 0.6) is 5.75 Å². The predicted octanol–water partition coefficient (Wildman–Crippen LogP) is 3.29. The van der Waals surface area contributed by atoms with Crippen molar-refractivity contribution in [1.29, 1.82) is 0 Å². The number of nitrogens with one attached hydrogen (secondary N) is 1. The van der Waals surface area contributed by atoms with Crippen LogP contribution >= 0.6 is 11.3 Å². The van der Waals surface area contributed by atoms with Gasteiger partial charge < -0.3 is 15.2 Å². The van der Waals surface area contributed by atoms with E-state index in [4.69, 9.17) is 4.74 Å². The van der Waals surface area contributed by atoms with Gasteiger partial charge in [-0.25, -0.2) is 0 Å². The van der Waals surface area contributed by atoms with Gasteiger partial charge in [0.1, 0.15) is 5.75 Å². The van der Waals surface area contributed by atoms with Crippen molar-refractivity contribution in [2.75, 3.05) is 11.9 Å². The first kappa shape index (κ1) is 15.3. The summed E-state index contributed by atoms with van der Waals surface area (Å²) < 4.78 is 5.40. The minimum absolute atomic E-state index is 0.135. The smallest absolute Gasteiger partial charge is 0.248 e. The fraction of sp³-hybridized carbons (Fsp3) is 0.188. The lowest BCUT2D eigenvalue weighted by atomic mass is 10.2. The molecular formula is C16H17NO3S.